The minimum absolute atomic E-state index is 0.140. The van der Waals surface area contributed by atoms with Gasteiger partial charge >= 0.3 is 0 Å². The third-order valence-corrected chi connectivity index (χ3v) is 4.22. The normalized spacial score (nSPS) is 13.2. The molecule has 0 saturated carbocycles. The maximum Gasteiger partial charge on any atom is 0.265 e. The molecule has 0 spiro atoms. The van der Waals surface area contributed by atoms with Gasteiger partial charge in [-0.2, -0.15) is 0 Å². The van der Waals surface area contributed by atoms with Gasteiger partial charge in [0.1, 0.15) is 5.75 Å². The second kappa shape index (κ2) is 8.00. The lowest BCUT2D eigenvalue weighted by Gasteiger charge is -2.20. The average molecular weight is 325 g/mol. The Hall–Kier alpha value is -2.29. The first-order valence-corrected chi connectivity index (χ1v) is 8.55. The number of ether oxygens (including phenoxy) is 1. The fraction of sp³-hybridized carbons (Fsp3) is 0.381. The molecule has 0 bridgehead atoms. The number of aryl methyl sites for hydroxylation is 2. The standard InChI is InChI=1S/C21H27NO2/c1-6-16(4)19-9-7-8-10-20(19)24-17(5)21(23)22-18-12-14(2)11-15(3)13-18/h7-13,16-17H,6H2,1-5H3,(H,22,23). The van der Waals surface area contributed by atoms with Crippen molar-refractivity contribution in [2.45, 2.75) is 53.1 Å². The van der Waals surface area contributed by atoms with Crippen LogP contribution >= 0.6 is 0 Å². The van der Waals surface area contributed by atoms with Crippen LogP contribution in [0.3, 0.4) is 0 Å². The lowest BCUT2D eigenvalue weighted by molar-refractivity contribution is -0.122. The number of hydrogen-bond donors (Lipinski definition) is 1. The first-order chi connectivity index (χ1) is 11.4. The average Bonchev–Trinajstić information content (AvgIpc) is 2.53. The second-order valence-electron chi connectivity index (χ2n) is 6.47. The molecule has 24 heavy (non-hydrogen) atoms. The molecule has 0 radical (unpaired) electrons. The monoisotopic (exact) mass is 325 g/mol. The molecule has 0 aliphatic rings. The number of nitrogens with one attached hydrogen (secondary N) is 1. The summed E-state index contributed by atoms with van der Waals surface area (Å²) in [6.45, 7) is 10.1. The fourth-order valence-corrected chi connectivity index (χ4v) is 2.75. The Kier molecular flexibility index (Phi) is 6.02. The number of carbonyl (C=O) groups is 1. The largest absolute Gasteiger partial charge is 0.481 e. The van der Waals surface area contributed by atoms with Crippen molar-refractivity contribution in [3.63, 3.8) is 0 Å². The van der Waals surface area contributed by atoms with Gasteiger partial charge in [-0.25, -0.2) is 0 Å². The minimum atomic E-state index is -0.559. The van der Waals surface area contributed by atoms with Gasteiger partial charge in [0.25, 0.3) is 5.91 Å². The maximum absolute atomic E-state index is 12.5. The summed E-state index contributed by atoms with van der Waals surface area (Å²) in [5.41, 5.74) is 4.20. The van der Waals surface area contributed by atoms with Crippen molar-refractivity contribution in [3.05, 3.63) is 59.2 Å². The van der Waals surface area contributed by atoms with Crippen molar-refractivity contribution < 1.29 is 9.53 Å². The zero-order valence-corrected chi connectivity index (χ0v) is 15.2. The van der Waals surface area contributed by atoms with Gasteiger partial charge in [-0.3, -0.25) is 4.79 Å². The van der Waals surface area contributed by atoms with E-state index in [0.717, 1.165) is 34.5 Å². The highest BCUT2D eigenvalue weighted by Crippen LogP contribution is 2.29. The molecule has 3 heteroatoms. The van der Waals surface area contributed by atoms with Crippen molar-refractivity contribution in [1.82, 2.24) is 0 Å². The van der Waals surface area contributed by atoms with Crippen molar-refractivity contribution in [3.8, 4) is 5.75 Å². The summed E-state index contributed by atoms with van der Waals surface area (Å²) in [4.78, 5) is 12.5. The van der Waals surface area contributed by atoms with Crippen molar-refractivity contribution in [2.24, 2.45) is 0 Å². The highest BCUT2D eigenvalue weighted by atomic mass is 16.5. The predicted octanol–water partition coefficient (Wildman–Crippen LogP) is 5.22. The molecule has 1 N–H and O–H groups in total. The summed E-state index contributed by atoms with van der Waals surface area (Å²) >= 11 is 0. The number of amides is 1. The molecule has 128 valence electrons. The molecule has 0 aliphatic heterocycles. The fourth-order valence-electron chi connectivity index (χ4n) is 2.75. The van der Waals surface area contributed by atoms with E-state index in [-0.39, 0.29) is 5.91 Å². The number of anilines is 1. The van der Waals surface area contributed by atoms with Crippen LogP contribution in [0.5, 0.6) is 5.75 Å². The zero-order chi connectivity index (χ0) is 17.7. The molecule has 0 heterocycles. The van der Waals surface area contributed by atoms with E-state index in [1.165, 1.54) is 0 Å². The lowest BCUT2D eigenvalue weighted by atomic mass is 9.98. The van der Waals surface area contributed by atoms with Crippen LogP contribution in [-0.4, -0.2) is 12.0 Å². The van der Waals surface area contributed by atoms with Crippen molar-refractivity contribution >= 4 is 11.6 Å². The van der Waals surface area contributed by atoms with Crippen molar-refractivity contribution in [2.75, 3.05) is 5.32 Å². The van der Waals surface area contributed by atoms with Gasteiger partial charge in [-0.15, -0.1) is 0 Å². The van der Waals surface area contributed by atoms with Crippen LogP contribution in [0.15, 0.2) is 42.5 Å². The first-order valence-electron chi connectivity index (χ1n) is 8.55. The molecule has 2 atom stereocenters. The van der Waals surface area contributed by atoms with Crippen LogP contribution in [0.2, 0.25) is 0 Å². The Morgan fingerprint density at radius 2 is 1.71 bits per heavy atom. The third kappa shape index (κ3) is 4.60. The molecule has 0 saturated heterocycles. The number of hydrogen-bond acceptors (Lipinski definition) is 2. The van der Waals surface area contributed by atoms with Gasteiger partial charge in [-0.05, 0) is 68.0 Å². The van der Waals surface area contributed by atoms with E-state index in [0.29, 0.717) is 5.92 Å². The zero-order valence-electron chi connectivity index (χ0n) is 15.2. The van der Waals surface area contributed by atoms with E-state index in [1.807, 2.05) is 44.2 Å². The van der Waals surface area contributed by atoms with Crippen LogP contribution in [0.4, 0.5) is 5.69 Å². The molecule has 0 aliphatic carbocycles. The SMILES string of the molecule is CCC(C)c1ccccc1OC(C)C(=O)Nc1cc(C)cc(C)c1. The molecule has 3 nitrogen and oxygen atoms in total. The van der Waals surface area contributed by atoms with E-state index in [2.05, 4.69) is 31.3 Å². The van der Waals surface area contributed by atoms with Crippen LogP contribution in [-0.2, 0) is 4.79 Å². The summed E-state index contributed by atoms with van der Waals surface area (Å²) in [6, 6.07) is 14.0. The summed E-state index contributed by atoms with van der Waals surface area (Å²) < 4.78 is 5.95. The quantitative estimate of drug-likeness (QED) is 0.790. The van der Waals surface area contributed by atoms with E-state index < -0.39 is 6.10 Å². The van der Waals surface area contributed by atoms with Gasteiger partial charge in [0.05, 0.1) is 0 Å². The summed E-state index contributed by atoms with van der Waals surface area (Å²) in [5, 5.41) is 2.94. The topological polar surface area (TPSA) is 38.3 Å². The van der Waals surface area contributed by atoms with Crippen LogP contribution < -0.4 is 10.1 Å². The van der Waals surface area contributed by atoms with E-state index in [1.54, 1.807) is 6.92 Å². The third-order valence-electron chi connectivity index (χ3n) is 4.22. The minimum Gasteiger partial charge on any atom is -0.481 e. The van der Waals surface area contributed by atoms with Gasteiger partial charge in [0.15, 0.2) is 6.10 Å². The van der Waals surface area contributed by atoms with Crippen LogP contribution in [0.25, 0.3) is 0 Å². The summed E-state index contributed by atoms with van der Waals surface area (Å²) in [7, 11) is 0. The highest BCUT2D eigenvalue weighted by molar-refractivity contribution is 5.94. The molecule has 2 unspecified atom stereocenters. The Morgan fingerprint density at radius 3 is 2.33 bits per heavy atom. The maximum atomic E-state index is 12.5. The van der Waals surface area contributed by atoms with Crippen LogP contribution in [0.1, 0.15) is 49.8 Å². The summed E-state index contributed by atoms with van der Waals surface area (Å²) in [5.74, 6) is 1.05. The van der Waals surface area contributed by atoms with Gasteiger partial charge in [0.2, 0.25) is 0 Å². The van der Waals surface area contributed by atoms with Gasteiger partial charge in [0, 0.05) is 5.69 Å². The Labute approximate surface area is 145 Å². The van der Waals surface area contributed by atoms with Gasteiger partial charge in [-0.1, -0.05) is 38.1 Å². The number of carbonyl (C=O) groups excluding carboxylic acids is 1. The smallest absolute Gasteiger partial charge is 0.265 e. The molecular weight excluding hydrogens is 298 g/mol. The molecular formula is C21H27NO2. The predicted molar refractivity (Wildman–Crippen MR) is 99.8 cm³/mol. The Morgan fingerprint density at radius 1 is 1.08 bits per heavy atom. The van der Waals surface area contributed by atoms with Crippen LogP contribution in [0, 0.1) is 13.8 Å². The van der Waals surface area contributed by atoms with E-state index >= 15 is 0 Å². The Balaban J connectivity index is 2.09. The lowest BCUT2D eigenvalue weighted by Crippen LogP contribution is -2.30. The molecule has 1 amide bonds. The molecule has 0 fully saturated rings. The van der Waals surface area contributed by atoms with Crippen molar-refractivity contribution in [1.29, 1.82) is 0 Å². The molecule has 2 aromatic rings. The first kappa shape index (κ1) is 18.1. The van der Waals surface area contributed by atoms with E-state index in [4.69, 9.17) is 4.74 Å². The second-order valence-corrected chi connectivity index (χ2v) is 6.47. The molecule has 0 aromatic heterocycles. The molecule has 2 rings (SSSR count). The van der Waals surface area contributed by atoms with Gasteiger partial charge < -0.3 is 10.1 Å². The summed E-state index contributed by atoms with van der Waals surface area (Å²) in [6.07, 6.45) is 0.472. The number of rotatable bonds is 6. The van der Waals surface area contributed by atoms with E-state index in [9.17, 15) is 4.79 Å². The molecule has 2 aromatic carbocycles. The number of para-hydroxylation sites is 1. The number of benzene rings is 2. The Bertz CT molecular complexity index is 688. The highest BCUT2D eigenvalue weighted by Gasteiger charge is 2.18.